The maximum atomic E-state index is 12.3. The van der Waals surface area contributed by atoms with Crippen molar-refractivity contribution in [2.24, 2.45) is 0 Å². The molecule has 0 aromatic heterocycles. The molecule has 0 atom stereocenters. The summed E-state index contributed by atoms with van der Waals surface area (Å²) in [7, 11) is 0. The SMILES string of the molecule is O=C(NC(=S)Nc1ccc(OCCc2ccccc2)cc1)c1ccccc1[N+](=O)[O-]. The van der Waals surface area contributed by atoms with Crippen molar-refractivity contribution in [3.8, 4) is 5.75 Å². The topological polar surface area (TPSA) is 93.5 Å². The third-order valence-electron chi connectivity index (χ3n) is 4.19. The first kappa shape index (κ1) is 20.9. The minimum absolute atomic E-state index is 0.0379. The number of carbonyl (C=O) groups is 1. The molecule has 0 saturated heterocycles. The van der Waals surface area contributed by atoms with Crippen LogP contribution in [0.2, 0.25) is 0 Å². The number of para-hydroxylation sites is 1. The predicted molar refractivity (Wildman–Crippen MR) is 119 cm³/mol. The Morgan fingerprint density at radius 1 is 0.967 bits per heavy atom. The monoisotopic (exact) mass is 421 g/mol. The van der Waals surface area contributed by atoms with E-state index in [1.807, 2.05) is 18.2 Å². The van der Waals surface area contributed by atoms with Crippen LogP contribution in [0.3, 0.4) is 0 Å². The number of amides is 1. The summed E-state index contributed by atoms with van der Waals surface area (Å²) >= 11 is 5.13. The number of nitrogens with zero attached hydrogens (tertiary/aromatic N) is 1. The molecule has 30 heavy (non-hydrogen) atoms. The normalized spacial score (nSPS) is 10.1. The standard InChI is InChI=1S/C22H19N3O4S/c26-21(19-8-4-5-9-20(19)25(27)28)24-22(30)23-17-10-12-18(13-11-17)29-15-14-16-6-2-1-3-7-16/h1-13H,14-15H2,(H2,23,24,26,30). The number of benzene rings is 3. The Morgan fingerprint density at radius 2 is 1.63 bits per heavy atom. The van der Waals surface area contributed by atoms with Gasteiger partial charge in [0.05, 0.1) is 11.5 Å². The molecule has 0 radical (unpaired) electrons. The lowest BCUT2D eigenvalue weighted by Gasteiger charge is -2.11. The van der Waals surface area contributed by atoms with E-state index in [1.165, 1.54) is 23.8 Å². The molecule has 0 aliphatic carbocycles. The highest BCUT2D eigenvalue weighted by Gasteiger charge is 2.19. The largest absolute Gasteiger partial charge is 0.493 e. The number of thiocarbonyl (C=S) groups is 1. The molecule has 0 bridgehead atoms. The molecule has 0 heterocycles. The molecule has 0 aliphatic rings. The van der Waals surface area contributed by atoms with Crippen LogP contribution >= 0.6 is 12.2 Å². The molecule has 3 aromatic carbocycles. The highest BCUT2D eigenvalue weighted by Crippen LogP contribution is 2.18. The van der Waals surface area contributed by atoms with E-state index in [-0.39, 0.29) is 16.4 Å². The van der Waals surface area contributed by atoms with Gasteiger partial charge in [0.25, 0.3) is 11.6 Å². The van der Waals surface area contributed by atoms with Crippen molar-refractivity contribution in [2.75, 3.05) is 11.9 Å². The van der Waals surface area contributed by atoms with Gasteiger partial charge in [-0.3, -0.25) is 20.2 Å². The molecule has 8 heteroatoms. The predicted octanol–water partition coefficient (Wildman–Crippen LogP) is 4.34. The number of hydrogen-bond acceptors (Lipinski definition) is 5. The third kappa shape index (κ3) is 5.86. The number of hydrogen-bond donors (Lipinski definition) is 2. The second-order valence-corrected chi connectivity index (χ2v) is 6.70. The van der Waals surface area contributed by atoms with Crippen molar-refractivity contribution in [2.45, 2.75) is 6.42 Å². The van der Waals surface area contributed by atoms with Gasteiger partial charge >= 0.3 is 0 Å². The molecular weight excluding hydrogens is 402 g/mol. The Kier molecular flexibility index (Phi) is 7.07. The van der Waals surface area contributed by atoms with Crippen LogP contribution in [0.25, 0.3) is 0 Å². The Morgan fingerprint density at radius 3 is 2.33 bits per heavy atom. The second-order valence-electron chi connectivity index (χ2n) is 6.29. The number of nitro benzene ring substituents is 1. The number of ether oxygens (including phenoxy) is 1. The van der Waals surface area contributed by atoms with Crippen LogP contribution in [0, 0.1) is 10.1 Å². The molecule has 0 unspecified atom stereocenters. The van der Waals surface area contributed by atoms with Crippen molar-refractivity contribution < 1.29 is 14.5 Å². The smallest absolute Gasteiger partial charge is 0.282 e. The number of anilines is 1. The summed E-state index contributed by atoms with van der Waals surface area (Å²) in [4.78, 5) is 22.7. The molecule has 0 aliphatic heterocycles. The minimum atomic E-state index is -0.652. The maximum Gasteiger partial charge on any atom is 0.282 e. The molecular formula is C22H19N3O4S. The van der Waals surface area contributed by atoms with Crippen molar-refractivity contribution in [1.29, 1.82) is 0 Å². The first-order valence-corrected chi connectivity index (χ1v) is 9.56. The highest BCUT2D eigenvalue weighted by atomic mass is 32.1. The lowest BCUT2D eigenvalue weighted by molar-refractivity contribution is -0.385. The molecule has 0 saturated carbocycles. The summed E-state index contributed by atoms with van der Waals surface area (Å²) in [6.07, 6.45) is 0.808. The van der Waals surface area contributed by atoms with E-state index in [0.29, 0.717) is 18.0 Å². The average Bonchev–Trinajstić information content (AvgIpc) is 2.75. The summed E-state index contributed by atoms with van der Waals surface area (Å²) in [5.41, 5.74) is 1.51. The van der Waals surface area contributed by atoms with E-state index < -0.39 is 10.8 Å². The van der Waals surface area contributed by atoms with Crippen molar-refractivity contribution >= 4 is 34.6 Å². The first-order chi connectivity index (χ1) is 14.5. The van der Waals surface area contributed by atoms with Crippen LogP contribution in [-0.2, 0) is 6.42 Å². The Balaban J connectivity index is 1.51. The van der Waals surface area contributed by atoms with E-state index in [0.717, 1.165) is 6.42 Å². The van der Waals surface area contributed by atoms with Gasteiger partial charge < -0.3 is 10.1 Å². The average molecular weight is 421 g/mol. The van der Waals surface area contributed by atoms with Crippen molar-refractivity contribution in [1.82, 2.24) is 5.32 Å². The number of nitrogens with one attached hydrogen (secondary N) is 2. The molecule has 1 amide bonds. The zero-order valence-electron chi connectivity index (χ0n) is 15.9. The van der Waals surface area contributed by atoms with Gasteiger partial charge in [-0.15, -0.1) is 0 Å². The lowest BCUT2D eigenvalue weighted by Crippen LogP contribution is -2.34. The summed E-state index contributed by atoms with van der Waals surface area (Å²) in [5, 5.41) is 16.4. The fourth-order valence-electron chi connectivity index (χ4n) is 2.72. The number of carbonyl (C=O) groups excluding carboxylic acids is 1. The zero-order valence-corrected chi connectivity index (χ0v) is 16.7. The summed E-state index contributed by atoms with van der Waals surface area (Å²) in [5.74, 6) is 0.0620. The van der Waals surface area contributed by atoms with E-state index in [9.17, 15) is 14.9 Å². The van der Waals surface area contributed by atoms with Crippen LogP contribution < -0.4 is 15.4 Å². The quantitative estimate of drug-likeness (QED) is 0.335. The van der Waals surface area contributed by atoms with E-state index in [2.05, 4.69) is 22.8 Å². The molecule has 3 aromatic rings. The summed E-state index contributed by atoms with van der Waals surface area (Å²) in [6.45, 7) is 0.557. The van der Waals surface area contributed by atoms with Crippen LogP contribution in [0.4, 0.5) is 11.4 Å². The Hall–Kier alpha value is -3.78. The zero-order chi connectivity index (χ0) is 21.3. The Labute approximate surface area is 178 Å². The lowest BCUT2D eigenvalue weighted by atomic mass is 10.1. The summed E-state index contributed by atoms with van der Waals surface area (Å²) in [6, 6.07) is 22.9. The second kappa shape index (κ2) is 10.1. The molecule has 152 valence electrons. The van der Waals surface area contributed by atoms with Gasteiger partial charge in [0.2, 0.25) is 0 Å². The minimum Gasteiger partial charge on any atom is -0.493 e. The van der Waals surface area contributed by atoms with E-state index in [1.54, 1.807) is 30.3 Å². The highest BCUT2D eigenvalue weighted by molar-refractivity contribution is 7.80. The molecule has 0 spiro atoms. The van der Waals surface area contributed by atoms with Gasteiger partial charge in [-0.25, -0.2) is 0 Å². The maximum absolute atomic E-state index is 12.3. The van der Waals surface area contributed by atoms with Gasteiger partial charge in [-0.2, -0.15) is 0 Å². The van der Waals surface area contributed by atoms with Gasteiger partial charge in [-0.1, -0.05) is 42.5 Å². The van der Waals surface area contributed by atoms with E-state index >= 15 is 0 Å². The van der Waals surface area contributed by atoms with Crippen molar-refractivity contribution in [3.63, 3.8) is 0 Å². The molecule has 2 N–H and O–H groups in total. The number of nitro groups is 1. The van der Waals surface area contributed by atoms with Crippen LogP contribution in [0.5, 0.6) is 5.75 Å². The van der Waals surface area contributed by atoms with Crippen LogP contribution in [0.15, 0.2) is 78.9 Å². The third-order valence-corrected chi connectivity index (χ3v) is 4.39. The van der Waals surface area contributed by atoms with Gasteiger partial charge in [0, 0.05) is 18.2 Å². The molecule has 0 fully saturated rings. The first-order valence-electron chi connectivity index (χ1n) is 9.15. The number of rotatable bonds is 7. The summed E-state index contributed by atoms with van der Waals surface area (Å²) < 4.78 is 5.73. The van der Waals surface area contributed by atoms with Gasteiger partial charge in [0.1, 0.15) is 11.3 Å². The Bertz CT molecular complexity index is 1040. The molecule has 3 rings (SSSR count). The van der Waals surface area contributed by atoms with Crippen LogP contribution in [0.1, 0.15) is 15.9 Å². The van der Waals surface area contributed by atoms with Crippen molar-refractivity contribution in [3.05, 3.63) is 100 Å². The van der Waals surface area contributed by atoms with Gasteiger partial charge in [-0.05, 0) is 48.1 Å². The fraction of sp³-hybridized carbons (Fsp3) is 0.0909. The van der Waals surface area contributed by atoms with Crippen LogP contribution in [-0.4, -0.2) is 22.5 Å². The van der Waals surface area contributed by atoms with E-state index in [4.69, 9.17) is 17.0 Å². The van der Waals surface area contributed by atoms with Gasteiger partial charge in [0.15, 0.2) is 5.11 Å². The fourth-order valence-corrected chi connectivity index (χ4v) is 2.93. The molecule has 7 nitrogen and oxygen atoms in total.